The first kappa shape index (κ1) is 11.4. The highest BCUT2D eigenvalue weighted by molar-refractivity contribution is 14.1. The molecule has 1 aromatic heterocycles. The number of piperidine rings is 1. The van der Waals surface area contributed by atoms with Gasteiger partial charge in [-0.2, -0.15) is 0 Å². The van der Waals surface area contributed by atoms with Crippen molar-refractivity contribution in [3.8, 4) is 0 Å². The molecule has 1 aliphatic rings. The minimum Gasteiger partial charge on any atom is -0.336 e. The van der Waals surface area contributed by atoms with Crippen LogP contribution in [-0.4, -0.2) is 23.4 Å². The van der Waals surface area contributed by atoms with E-state index in [0.717, 1.165) is 24.9 Å². The van der Waals surface area contributed by atoms with Crippen LogP contribution in [0.5, 0.6) is 0 Å². The van der Waals surface area contributed by atoms with Gasteiger partial charge in [0.2, 0.25) is 0 Å². The Balaban J connectivity index is 2.13. The molecule has 0 N–H and O–H groups in total. The van der Waals surface area contributed by atoms with Gasteiger partial charge in [-0.05, 0) is 54.8 Å². The van der Waals surface area contributed by atoms with E-state index in [1.54, 1.807) is 11.3 Å². The first-order valence-electron chi connectivity index (χ1n) is 5.23. The van der Waals surface area contributed by atoms with Crippen LogP contribution >= 0.6 is 33.9 Å². The van der Waals surface area contributed by atoms with Gasteiger partial charge in [0, 0.05) is 18.0 Å². The second-order valence-electron chi connectivity index (χ2n) is 3.98. The Kier molecular flexibility index (Phi) is 3.66. The smallest absolute Gasteiger partial charge is 0.254 e. The van der Waals surface area contributed by atoms with Crippen molar-refractivity contribution < 1.29 is 4.79 Å². The molecular formula is C11H14INOS. The second kappa shape index (κ2) is 4.82. The van der Waals surface area contributed by atoms with Crippen molar-refractivity contribution in [1.82, 2.24) is 4.90 Å². The Morgan fingerprint density at radius 2 is 2.40 bits per heavy atom. The number of thiophene rings is 1. The van der Waals surface area contributed by atoms with Gasteiger partial charge in [0.1, 0.15) is 0 Å². The van der Waals surface area contributed by atoms with Crippen LogP contribution in [0.3, 0.4) is 0 Å². The van der Waals surface area contributed by atoms with Crippen molar-refractivity contribution in [3.05, 3.63) is 19.9 Å². The molecule has 1 unspecified atom stereocenters. The number of carbonyl (C=O) groups excluding carboxylic acids is 1. The fraction of sp³-hybridized carbons (Fsp3) is 0.545. The minimum atomic E-state index is 0.210. The fourth-order valence-corrected chi connectivity index (χ4v) is 3.31. The summed E-state index contributed by atoms with van der Waals surface area (Å²) in [7, 11) is 0. The summed E-state index contributed by atoms with van der Waals surface area (Å²) in [4.78, 5) is 14.2. The zero-order valence-corrected chi connectivity index (χ0v) is 11.7. The summed E-state index contributed by atoms with van der Waals surface area (Å²) < 4.78 is 1.18. The molecule has 0 radical (unpaired) electrons. The molecule has 2 heterocycles. The number of amides is 1. The number of rotatable bonds is 1. The van der Waals surface area contributed by atoms with Crippen molar-refractivity contribution in [3.63, 3.8) is 0 Å². The third kappa shape index (κ3) is 2.53. The van der Waals surface area contributed by atoms with E-state index in [0.29, 0.717) is 6.04 Å². The van der Waals surface area contributed by atoms with Gasteiger partial charge in [-0.1, -0.05) is 0 Å². The number of hydrogen-bond acceptors (Lipinski definition) is 2. The van der Waals surface area contributed by atoms with E-state index in [9.17, 15) is 4.79 Å². The number of halogens is 1. The van der Waals surface area contributed by atoms with Crippen molar-refractivity contribution in [1.29, 1.82) is 0 Å². The molecular weight excluding hydrogens is 321 g/mol. The Morgan fingerprint density at radius 3 is 3.00 bits per heavy atom. The first-order chi connectivity index (χ1) is 7.18. The molecule has 82 valence electrons. The fourth-order valence-electron chi connectivity index (χ4n) is 1.99. The first-order valence-corrected chi connectivity index (χ1v) is 7.19. The lowest BCUT2D eigenvalue weighted by molar-refractivity contribution is 0.0636. The molecule has 1 amide bonds. The van der Waals surface area contributed by atoms with Crippen LogP contribution in [-0.2, 0) is 0 Å². The summed E-state index contributed by atoms with van der Waals surface area (Å²) in [6.45, 7) is 3.07. The van der Waals surface area contributed by atoms with E-state index < -0.39 is 0 Å². The molecule has 0 saturated carbocycles. The van der Waals surface area contributed by atoms with Gasteiger partial charge in [-0.25, -0.2) is 0 Å². The Hall–Kier alpha value is -0.100. The molecule has 1 atom stereocenters. The highest BCUT2D eigenvalue weighted by atomic mass is 127. The lowest BCUT2D eigenvalue weighted by atomic mass is 10.0. The van der Waals surface area contributed by atoms with Gasteiger partial charge in [-0.15, -0.1) is 11.3 Å². The molecule has 0 spiro atoms. The van der Waals surface area contributed by atoms with Crippen molar-refractivity contribution in [2.75, 3.05) is 6.54 Å². The Morgan fingerprint density at radius 1 is 1.60 bits per heavy atom. The van der Waals surface area contributed by atoms with Gasteiger partial charge in [-0.3, -0.25) is 4.79 Å². The lowest BCUT2D eigenvalue weighted by Gasteiger charge is -2.33. The average Bonchev–Trinajstić information content (AvgIpc) is 2.65. The molecule has 1 saturated heterocycles. The van der Waals surface area contributed by atoms with E-state index >= 15 is 0 Å². The molecule has 2 nitrogen and oxygen atoms in total. The van der Waals surface area contributed by atoms with Crippen LogP contribution in [0, 0.1) is 2.88 Å². The van der Waals surface area contributed by atoms with Crippen molar-refractivity contribution >= 4 is 39.8 Å². The largest absolute Gasteiger partial charge is 0.336 e. The van der Waals surface area contributed by atoms with Crippen molar-refractivity contribution in [2.24, 2.45) is 0 Å². The van der Waals surface area contributed by atoms with Crippen LogP contribution in [0.15, 0.2) is 11.4 Å². The van der Waals surface area contributed by atoms with Gasteiger partial charge in [0.15, 0.2) is 0 Å². The summed E-state index contributed by atoms with van der Waals surface area (Å²) >= 11 is 3.90. The lowest BCUT2D eigenvalue weighted by Crippen LogP contribution is -2.41. The average molecular weight is 335 g/mol. The van der Waals surface area contributed by atoms with Crippen LogP contribution in [0.2, 0.25) is 0 Å². The molecule has 0 bridgehead atoms. The number of hydrogen-bond donors (Lipinski definition) is 0. The number of carbonyl (C=O) groups is 1. The summed E-state index contributed by atoms with van der Waals surface area (Å²) in [5.41, 5.74) is 0.859. The highest BCUT2D eigenvalue weighted by Crippen LogP contribution is 2.22. The van der Waals surface area contributed by atoms with E-state index in [1.807, 2.05) is 16.3 Å². The van der Waals surface area contributed by atoms with Crippen molar-refractivity contribution in [2.45, 2.75) is 32.2 Å². The van der Waals surface area contributed by atoms with E-state index in [-0.39, 0.29) is 5.91 Å². The molecule has 0 aromatic carbocycles. The Bertz CT molecular complexity index is 363. The topological polar surface area (TPSA) is 20.3 Å². The summed E-state index contributed by atoms with van der Waals surface area (Å²) in [6, 6.07) is 2.39. The second-order valence-corrected chi connectivity index (χ2v) is 6.79. The van der Waals surface area contributed by atoms with Gasteiger partial charge < -0.3 is 4.90 Å². The maximum Gasteiger partial charge on any atom is 0.254 e. The molecule has 1 aliphatic heterocycles. The maximum absolute atomic E-state index is 12.2. The standard InChI is InChI=1S/C11H14INOS/c1-8-4-2-3-5-13(8)11(14)9-6-10(12)15-7-9/h6-8H,2-5H2,1H3. The monoisotopic (exact) mass is 335 g/mol. The normalized spacial score (nSPS) is 21.7. The van der Waals surface area contributed by atoms with E-state index in [4.69, 9.17) is 0 Å². The van der Waals surface area contributed by atoms with Crippen LogP contribution in [0.1, 0.15) is 36.5 Å². The Labute approximate surface area is 108 Å². The van der Waals surface area contributed by atoms with Gasteiger partial charge in [0.25, 0.3) is 5.91 Å². The predicted molar refractivity (Wildman–Crippen MR) is 71.4 cm³/mol. The SMILES string of the molecule is CC1CCCCN1C(=O)c1csc(I)c1. The van der Waals surface area contributed by atoms with E-state index in [2.05, 4.69) is 29.5 Å². The predicted octanol–water partition coefficient (Wildman–Crippen LogP) is 3.37. The zero-order valence-electron chi connectivity index (χ0n) is 8.70. The van der Waals surface area contributed by atoms with Crippen LogP contribution < -0.4 is 0 Å². The molecule has 1 aromatic rings. The molecule has 4 heteroatoms. The zero-order chi connectivity index (χ0) is 10.8. The number of nitrogens with zero attached hydrogens (tertiary/aromatic N) is 1. The van der Waals surface area contributed by atoms with Gasteiger partial charge in [0.05, 0.1) is 8.45 Å². The third-order valence-electron chi connectivity index (χ3n) is 2.88. The van der Waals surface area contributed by atoms with Crippen LogP contribution in [0.25, 0.3) is 0 Å². The molecule has 0 aliphatic carbocycles. The maximum atomic E-state index is 12.2. The van der Waals surface area contributed by atoms with Gasteiger partial charge >= 0.3 is 0 Å². The summed E-state index contributed by atoms with van der Waals surface area (Å²) in [6.07, 6.45) is 3.55. The molecule has 1 fully saturated rings. The summed E-state index contributed by atoms with van der Waals surface area (Å²) in [5.74, 6) is 0.210. The quantitative estimate of drug-likeness (QED) is 0.721. The van der Waals surface area contributed by atoms with E-state index in [1.165, 1.54) is 9.30 Å². The molecule has 15 heavy (non-hydrogen) atoms. The number of likely N-dealkylation sites (tertiary alicyclic amines) is 1. The minimum absolute atomic E-state index is 0.210. The molecule has 2 rings (SSSR count). The highest BCUT2D eigenvalue weighted by Gasteiger charge is 2.24. The third-order valence-corrected chi connectivity index (χ3v) is 4.67. The van der Waals surface area contributed by atoms with Crippen LogP contribution in [0.4, 0.5) is 0 Å². The summed E-state index contributed by atoms with van der Waals surface area (Å²) in [5, 5.41) is 1.96.